The van der Waals surface area contributed by atoms with E-state index in [1.807, 2.05) is 0 Å². The molecule has 2 aromatic rings. The summed E-state index contributed by atoms with van der Waals surface area (Å²) in [5.74, 6) is 1.03. The van der Waals surface area contributed by atoms with E-state index in [1.54, 1.807) is 12.1 Å². The molecule has 0 aromatic carbocycles. The first kappa shape index (κ1) is 21.5. The summed E-state index contributed by atoms with van der Waals surface area (Å²) in [7, 11) is 1.33. The maximum Gasteiger partial charge on any atom is 0.374 e. The van der Waals surface area contributed by atoms with Crippen molar-refractivity contribution < 1.29 is 18.7 Å². The van der Waals surface area contributed by atoms with Gasteiger partial charge >= 0.3 is 5.97 Å². The number of esters is 1. The minimum atomic E-state index is -0.507. The summed E-state index contributed by atoms with van der Waals surface area (Å²) in [4.78, 5) is 15.3. The molecule has 0 fully saturated rings. The Morgan fingerprint density at radius 1 is 1.16 bits per heavy atom. The van der Waals surface area contributed by atoms with Gasteiger partial charge in [-0.2, -0.15) is 0 Å². The molecule has 1 atom stereocenters. The third-order valence-corrected chi connectivity index (χ3v) is 6.27. The second-order valence-corrected chi connectivity index (χ2v) is 8.53. The number of hydrogen-bond donors (Lipinski definition) is 1. The van der Waals surface area contributed by atoms with Gasteiger partial charge in [-0.15, -0.1) is 0 Å². The highest BCUT2D eigenvalue weighted by molar-refractivity contribution is 5.86. The van der Waals surface area contributed by atoms with Gasteiger partial charge in [0.2, 0.25) is 5.76 Å². The number of furan rings is 1. The van der Waals surface area contributed by atoms with Gasteiger partial charge in [-0.25, -0.2) is 4.79 Å². The molecule has 0 amide bonds. The zero-order valence-corrected chi connectivity index (χ0v) is 18.7. The molecule has 2 aliphatic carbocycles. The zero-order chi connectivity index (χ0) is 21.6. The number of aromatic nitrogens is 1. The van der Waals surface area contributed by atoms with Crippen LogP contribution in [0.4, 0.5) is 0 Å². The lowest BCUT2D eigenvalue weighted by atomic mass is 9.86. The smallest absolute Gasteiger partial charge is 0.374 e. The van der Waals surface area contributed by atoms with Crippen LogP contribution in [-0.4, -0.2) is 18.1 Å². The van der Waals surface area contributed by atoms with Crippen molar-refractivity contribution in [3.8, 4) is 5.95 Å². The fourth-order valence-electron chi connectivity index (χ4n) is 4.71. The Kier molecular flexibility index (Phi) is 7.00. The maximum absolute atomic E-state index is 11.7. The standard InChI is InChI=1S/C26H33NO4/c1-3-4-5-6-7-8-11-18-16-19(30-24-15-14-23(31-24)26(28)29-2)17-22-25(18)20-12-9-10-13-21(20)27-22/h13-18,27H,3-12H2,1-2H3. The molecule has 0 spiro atoms. The van der Waals surface area contributed by atoms with E-state index in [9.17, 15) is 4.79 Å². The van der Waals surface area contributed by atoms with Crippen LogP contribution in [0.15, 0.2) is 28.4 Å². The van der Waals surface area contributed by atoms with E-state index in [0.29, 0.717) is 11.9 Å². The molecule has 2 heterocycles. The fraction of sp³-hybridized carbons (Fsp3) is 0.500. The van der Waals surface area contributed by atoms with E-state index in [0.717, 1.165) is 30.4 Å². The van der Waals surface area contributed by atoms with Crippen molar-refractivity contribution in [1.29, 1.82) is 0 Å². The molecular weight excluding hydrogens is 390 g/mol. The first-order chi connectivity index (χ1) is 15.2. The number of allylic oxidation sites excluding steroid dienone is 2. The number of unbranched alkanes of at least 4 members (excludes halogenated alkanes) is 5. The van der Waals surface area contributed by atoms with Gasteiger partial charge in [0.25, 0.3) is 5.95 Å². The lowest BCUT2D eigenvalue weighted by Crippen LogP contribution is -2.19. The minimum Gasteiger partial charge on any atom is -0.463 e. The van der Waals surface area contributed by atoms with E-state index >= 15 is 0 Å². The van der Waals surface area contributed by atoms with Crippen LogP contribution < -0.4 is 15.4 Å². The lowest BCUT2D eigenvalue weighted by Gasteiger charge is -2.20. The number of carbonyl (C=O) groups is 1. The monoisotopic (exact) mass is 423 g/mol. The predicted octanol–water partition coefficient (Wildman–Crippen LogP) is 5.10. The highest BCUT2D eigenvalue weighted by Gasteiger charge is 2.24. The number of ether oxygens (including phenoxy) is 2. The van der Waals surface area contributed by atoms with E-state index < -0.39 is 5.97 Å². The summed E-state index contributed by atoms with van der Waals surface area (Å²) >= 11 is 0. The quantitative estimate of drug-likeness (QED) is 0.426. The Morgan fingerprint density at radius 2 is 2.00 bits per heavy atom. The molecule has 2 aliphatic rings. The van der Waals surface area contributed by atoms with Crippen LogP contribution in [0.1, 0.15) is 92.3 Å². The summed E-state index contributed by atoms with van der Waals surface area (Å²) in [6, 6.07) is 3.23. The Labute approximate surface area is 183 Å². The number of fused-ring (bicyclic) bond motifs is 3. The second-order valence-electron chi connectivity index (χ2n) is 8.53. The van der Waals surface area contributed by atoms with Crippen molar-refractivity contribution in [3.05, 3.63) is 51.6 Å². The molecule has 4 rings (SSSR count). The molecular formula is C26H33NO4. The Balaban J connectivity index is 1.54. The molecule has 2 aromatic heterocycles. The highest BCUT2D eigenvalue weighted by Crippen LogP contribution is 2.31. The third kappa shape index (κ3) is 4.97. The fourth-order valence-corrected chi connectivity index (χ4v) is 4.71. The van der Waals surface area contributed by atoms with Crippen molar-refractivity contribution in [3.63, 3.8) is 0 Å². The molecule has 0 aliphatic heterocycles. The molecule has 0 bridgehead atoms. The van der Waals surface area contributed by atoms with Gasteiger partial charge in [0.1, 0.15) is 5.76 Å². The molecule has 166 valence electrons. The first-order valence-electron chi connectivity index (χ1n) is 11.7. The molecule has 0 saturated heterocycles. The van der Waals surface area contributed by atoms with Crippen molar-refractivity contribution in [2.75, 3.05) is 7.11 Å². The molecule has 0 radical (unpaired) electrons. The van der Waals surface area contributed by atoms with Crippen LogP contribution in [0.2, 0.25) is 0 Å². The van der Waals surface area contributed by atoms with Gasteiger partial charge in [0.15, 0.2) is 0 Å². The maximum atomic E-state index is 11.7. The number of nitrogens with one attached hydrogen (secondary N) is 1. The van der Waals surface area contributed by atoms with Crippen molar-refractivity contribution in [2.45, 2.75) is 77.0 Å². The molecule has 1 N–H and O–H groups in total. The predicted molar refractivity (Wildman–Crippen MR) is 121 cm³/mol. The molecule has 5 heteroatoms. The summed E-state index contributed by atoms with van der Waals surface area (Å²) in [5.41, 5.74) is 2.93. The van der Waals surface area contributed by atoms with E-state index in [1.165, 1.54) is 68.5 Å². The first-order valence-corrected chi connectivity index (χ1v) is 11.7. The van der Waals surface area contributed by atoms with Crippen molar-refractivity contribution in [2.24, 2.45) is 0 Å². The summed E-state index contributed by atoms with van der Waals surface area (Å²) in [6.07, 6.45) is 19.0. The topological polar surface area (TPSA) is 64.5 Å². The zero-order valence-electron chi connectivity index (χ0n) is 18.7. The molecule has 0 saturated carbocycles. The van der Waals surface area contributed by atoms with Crippen LogP contribution in [0, 0.1) is 0 Å². The molecule has 5 nitrogen and oxygen atoms in total. The Bertz CT molecular complexity index is 1060. The van der Waals surface area contributed by atoms with Crippen LogP contribution in [0.25, 0.3) is 12.2 Å². The number of aromatic amines is 1. The van der Waals surface area contributed by atoms with Gasteiger partial charge in [-0.3, -0.25) is 0 Å². The normalized spacial score (nSPS) is 17.1. The number of H-pyrrole nitrogens is 1. The van der Waals surface area contributed by atoms with Crippen LogP contribution in [-0.2, 0) is 11.2 Å². The Hall–Kier alpha value is -2.69. The van der Waals surface area contributed by atoms with Crippen molar-refractivity contribution in [1.82, 2.24) is 4.98 Å². The van der Waals surface area contributed by atoms with E-state index in [2.05, 4.69) is 30.1 Å². The van der Waals surface area contributed by atoms with Gasteiger partial charge < -0.3 is 18.9 Å². The van der Waals surface area contributed by atoms with Gasteiger partial charge in [-0.05, 0) is 49.0 Å². The number of hydrogen-bond acceptors (Lipinski definition) is 4. The highest BCUT2D eigenvalue weighted by atomic mass is 16.6. The summed E-state index contributed by atoms with van der Waals surface area (Å²) in [5, 5.41) is 2.43. The third-order valence-electron chi connectivity index (χ3n) is 6.27. The summed E-state index contributed by atoms with van der Waals surface area (Å²) in [6.45, 7) is 2.26. The van der Waals surface area contributed by atoms with E-state index in [-0.39, 0.29) is 5.76 Å². The van der Waals surface area contributed by atoms with Crippen LogP contribution in [0.3, 0.4) is 0 Å². The average Bonchev–Trinajstić information content (AvgIpc) is 3.40. The molecule has 1 unspecified atom stereocenters. The molecule has 31 heavy (non-hydrogen) atoms. The largest absolute Gasteiger partial charge is 0.463 e. The van der Waals surface area contributed by atoms with Gasteiger partial charge in [-0.1, -0.05) is 51.5 Å². The van der Waals surface area contributed by atoms with Crippen LogP contribution >= 0.6 is 0 Å². The number of carbonyl (C=O) groups excluding carboxylic acids is 1. The second kappa shape index (κ2) is 10.1. The average molecular weight is 424 g/mol. The number of rotatable bonds is 10. The summed E-state index contributed by atoms with van der Waals surface area (Å²) < 4.78 is 16.2. The number of methoxy groups -OCH3 is 1. The Morgan fingerprint density at radius 3 is 2.84 bits per heavy atom. The van der Waals surface area contributed by atoms with Gasteiger partial charge in [0, 0.05) is 28.8 Å². The lowest BCUT2D eigenvalue weighted by molar-refractivity contribution is 0.0559. The van der Waals surface area contributed by atoms with Gasteiger partial charge in [0.05, 0.1) is 7.11 Å². The van der Waals surface area contributed by atoms with E-state index in [4.69, 9.17) is 13.9 Å². The van der Waals surface area contributed by atoms with Crippen molar-refractivity contribution >= 4 is 18.1 Å². The SMILES string of the molecule is CCCCCCCCC1C=C(Oc2ccc(C(=O)OC)o2)C=c2[nH]c3c(c21)CCCC=3. The minimum absolute atomic E-state index is 0.142. The van der Waals surface area contributed by atoms with Crippen LogP contribution in [0.5, 0.6) is 5.95 Å².